The minimum atomic E-state index is -0.377. The summed E-state index contributed by atoms with van der Waals surface area (Å²) in [5.41, 5.74) is 4.77. The summed E-state index contributed by atoms with van der Waals surface area (Å²) in [5, 5.41) is 8.00. The number of nitrogens with zero attached hydrogens (tertiary/aromatic N) is 2. The second-order valence-electron chi connectivity index (χ2n) is 6.42. The highest BCUT2D eigenvalue weighted by Crippen LogP contribution is 2.17. The topological polar surface area (TPSA) is 89.4 Å². The van der Waals surface area contributed by atoms with Crippen LogP contribution in [0.5, 0.6) is 0 Å². The Morgan fingerprint density at radius 3 is 2.07 bits per heavy atom. The molecule has 154 valence electrons. The first-order valence-electron chi connectivity index (χ1n) is 9.85. The van der Waals surface area contributed by atoms with E-state index in [0.29, 0.717) is 35.7 Å². The number of hydrogen-bond acceptors (Lipinski definition) is 6. The maximum Gasteiger partial charge on any atom is 0.338 e. The van der Waals surface area contributed by atoms with Crippen molar-refractivity contribution >= 4 is 23.3 Å². The van der Waals surface area contributed by atoms with Crippen LogP contribution in [0.3, 0.4) is 0 Å². The molecular weight excluding hydrogens is 370 g/mol. The average Bonchev–Trinajstić information content (AvgIpc) is 2.74. The van der Waals surface area contributed by atoms with Gasteiger partial charge >= 0.3 is 11.9 Å². The molecule has 29 heavy (non-hydrogen) atoms. The number of carbonyl (C=O) groups excluding carboxylic acids is 2. The highest BCUT2D eigenvalue weighted by Gasteiger charge is 2.08. The number of carbonyl (C=O) groups is 2. The van der Waals surface area contributed by atoms with Gasteiger partial charge in [-0.05, 0) is 49.2 Å². The van der Waals surface area contributed by atoms with Crippen LogP contribution in [0, 0.1) is 0 Å². The summed E-state index contributed by atoms with van der Waals surface area (Å²) in [5.74, 6) is -0.744. The van der Waals surface area contributed by atoms with Crippen LogP contribution in [0.25, 0.3) is 0 Å². The molecule has 0 aliphatic rings. The van der Waals surface area contributed by atoms with Crippen LogP contribution >= 0.6 is 0 Å². The van der Waals surface area contributed by atoms with E-state index in [4.69, 9.17) is 9.47 Å². The molecule has 7 nitrogen and oxygen atoms in total. The fraction of sp³-hybridized carbons (Fsp3) is 0.364. The maximum atomic E-state index is 12.0. The zero-order chi connectivity index (χ0) is 20.9. The second kappa shape index (κ2) is 12.3. The van der Waals surface area contributed by atoms with Crippen molar-refractivity contribution in [1.29, 1.82) is 0 Å². The predicted octanol–water partition coefficient (Wildman–Crippen LogP) is 5.71. The van der Waals surface area contributed by atoms with Crippen LogP contribution in [-0.2, 0) is 9.47 Å². The van der Waals surface area contributed by atoms with Gasteiger partial charge in [0, 0.05) is 0 Å². The Kier molecular flexibility index (Phi) is 9.35. The van der Waals surface area contributed by atoms with Gasteiger partial charge in [0.25, 0.3) is 0 Å². The molecule has 0 aliphatic carbocycles. The van der Waals surface area contributed by atoms with Crippen molar-refractivity contribution < 1.29 is 19.1 Å². The molecule has 0 saturated carbocycles. The van der Waals surface area contributed by atoms with Gasteiger partial charge in [0.05, 0.1) is 35.7 Å². The number of unbranched alkanes of at least 4 members (excludes halogenated alkanes) is 2. The van der Waals surface area contributed by atoms with Crippen molar-refractivity contribution in [3.63, 3.8) is 0 Å². The van der Waals surface area contributed by atoms with Gasteiger partial charge in [0.1, 0.15) is 0 Å². The summed E-state index contributed by atoms with van der Waals surface area (Å²) in [6.45, 7) is 4.88. The Labute approximate surface area is 171 Å². The van der Waals surface area contributed by atoms with Crippen LogP contribution in [0.15, 0.2) is 58.9 Å². The van der Waals surface area contributed by atoms with Crippen molar-refractivity contribution in [1.82, 2.24) is 0 Å². The number of esters is 2. The van der Waals surface area contributed by atoms with Crippen LogP contribution in [0.4, 0.5) is 11.4 Å². The number of nitrogens with one attached hydrogen (secondary N) is 1. The molecule has 0 aliphatic heterocycles. The van der Waals surface area contributed by atoms with E-state index in [9.17, 15) is 9.59 Å². The van der Waals surface area contributed by atoms with Crippen molar-refractivity contribution in [2.24, 2.45) is 10.3 Å². The lowest BCUT2D eigenvalue weighted by Gasteiger charge is -2.05. The molecule has 0 unspecified atom stereocenters. The summed E-state index contributed by atoms with van der Waals surface area (Å²) in [6, 6.07) is 13.6. The number of ether oxygens (including phenoxy) is 2. The summed E-state index contributed by atoms with van der Waals surface area (Å²) < 4.78 is 10.4. The van der Waals surface area contributed by atoms with Crippen molar-refractivity contribution in [2.45, 2.75) is 39.5 Å². The second-order valence-corrected chi connectivity index (χ2v) is 6.42. The minimum Gasteiger partial charge on any atom is -0.462 e. The molecule has 2 rings (SSSR count). The molecule has 7 heteroatoms. The van der Waals surface area contributed by atoms with Gasteiger partial charge in [0.15, 0.2) is 0 Å². The molecule has 0 saturated heterocycles. The lowest BCUT2D eigenvalue weighted by Crippen LogP contribution is -2.06. The Bertz CT molecular complexity index is 836. The molecule has 0 aromatic heterocycles. The first kappa shape index (κ1) is 22.1. The molecule has 0 amide bonds. The summed E-state index contributed by atoms with van der Waals surface area (Å²) in [7, 11) is 0. The van der Waals surface area contributed by atoms with Crippen LogP contribution in [0.1, 0.15) is 60.2 Å². The maximum absolute atomic E-state index is 12.0. The van der Waals surface area contributed by atoms with Crippen LogP contribution in [-0.4, -0.2) is 25.2 Å². The molecule has 2 aromatic rings. The average molecular weight is 397 g/mol. The van der Waals surface area contributed by atoms with Gasteiger partial charge in [-0.25, -0.2) is 9.59 Å². The van der Waals surface area contributed by atoms with Crippen LogP contribution in [0.2, 0.25) is 0 Å². The van der Waals surface area contributed by atoms with Crippen molar-refractivity contribution in [2.75, 3.05) is 18.6 Å². The third-order valence-electron chi connectivity index (χ3n) is 3.99. The van der Waals surface area contributed by atoms with E-state index < -0.39 is 0 Å². The van der Waals surface area contributed by atoms with E-state index in [-0.39, 0.29) is 11.9 Å². The van der Waals surface area contributed by atoms with Gasteiger partial charge in [-0.15, -0.1) is 5.11 Å². The molecule has 0 bridgehead atoms. The monoisotopic (exact) mass is 397 g/mol. The number of anilines is 1. The SMILES string of the molecule is CCCCOC(=O)c1cccc(/N=N/Nc2cccc(C(=O)OCCCC)c2)c1. The zero-order valence-electron chi connectivity index (χ0n) is 16.9. The molecule has 2 aromatic carbocycles. The number of hydrogen-bond donors (Lipinski definition) is 1. The van der Waals surface area contributed by atoms with Gasteiger partial charge < -0.3 is 9.47 Å². The van der Waals surface area contributed by atoms with E-state index in [1.165, 1.54) is 0 Å². The van der Waals surface area contributed by atoms with E-state index in [0.717, 1.165) is 25.7 Å². The Morgan fingerprint density at radius 1 is 0.862 bits per heavy atom. The van der Waals surface area contributed by atoms with E-state index >= 15 is 0 Å². The Morgan fingerprint density at radius 2 is 1.45 bits per heavy atom. The minimum absolute atomic E-state index is 0.367. The van der Waals surface area contributed by atoms with E-state index in [1.54, 1.807) is 48.5 Å². The van der Waals surface area contributed by atoms with Crippen molar-refractivity contribution in [3.8, 4) is 0 Å². The predicted molar refractivity (Wildman–Crippen MR) is 111 cm³/mol. The largest absolute Gasteiger partial charge is 0.462 e. The summed E-state index contributed by atoms with van der Waals surface area (Å²) in [4.78, 5) is 24.0. The Balaban J connectivity index is 1.94. The highest BCUT2D eigenvalue weighted by molar-refractivity contribution is 5.91. The van der Waals surface area contributed by atoms with Gasteiger partial charge in [-0.3, -0.25) is 5.43 Å². The highest BCUT2D eigenvalue weighted by atomic mass is 16.5. The fourth-order valence-corrected chi connectivity index (χ4v) is 2.34. The smallest absolute Gasteiger partial charge is 0.338 e. The lowest BCUT2D eigenvalue weighted by molar-refractivity contribution is 0.0490. The number of rotatable bonds is 11. The lowest BCUT2D eigenvalue weighted by atomic mass is 10.2. The Hall–Kier alpha value is -3.22. The first-order valence-corrected chi connectivity index (χ1v) is 9.85. The standard InChI is InChI=1S/C22H27N3O4/c1-3-5-13-28-21(26)17-9-7-11-19(15-17)23-25-24-20-12-8-10-18(16-20)22(27)29-14-6-4-2/h7-12,15-16H,3-6,13-14H2,1-2H3,(H,23,24). The summed E-state index contributed by atoms with van der Waals surface area (Å²) in [6.07, 6.45) is 3.60. The van der Waals surface area contributed by atoms with Gasteiger partial charge in [-0.1, -0.05) is 44.0 Å². The molecule has 0 heterocycles. The molecule has 0 radical (unpaired) electrons. The van der Waals surface area contributed by atoms with Crippen molar-refractivity contribution in [3.05, 3.63) is 59.7 Å². The fourth-order valence-electron chi connectivity index (χ4n) is 2.34. The number of benzene rings is 2. The third kappa shape index (κ3) is 7.73. The van der Waals surface area contributed by atoms with E-state index in [2.05, 4.69) is 15.8 Å². The van der Waals surface area contributed by atoms with Gasteiger partial charge in [-0.2, -0.15) is 0 Å². The molecule has 0 fully saturated rings. The molecule has 1 N–H and O–H groups in total. The normalized spacial score (nSPS) is 10.7. The molecular formula is C22H27N3O4. The first-order chi connectivity index (χ1) is 14.1. The van der Waals surface area contributed by atoms with Crippen LogP contribution < -0.4 is 5.43 Å². The summed E-state index contributed by atoms with van der Waals surface area (Å²) >= 11 is 0. The van der Waals surface area contributed by atoms with E-state index in [1.807, 2.05) is 13.8 Å². The third-order valence-corrected chi connectivity index (χ3v) is 3.99. The van der Waals surface area contributed by atoms with Gasteiger partial charge in [0.2, 0.25) is 0 Å². The zero-order valence-corrected chi connectivity index (χ0v) is 16.9. The molecule has 0 atom stereocenters. The quantitative estimate of drug-likeness (QED) is 0.227. The molecule has 0 spiro atoms.